The van der Waals surface area contributed by atoms with Crippen LogP contribution in [0.3, 0.4) is 0 Å². The fourth-order valence-electron chi connectivity index (χ4n) is 2.09. The average molecular weight is 269 g/mol. The van der Waals surface area contributed by atoms with Crippen LogP contribution >= 0.6 is 0 Å². The second-order valence-corrected chi connectivity index (χ2v) is 6.84. The molecule has 18 heavy (non-hydrogen) atoms. The Balaban J connectivity index is 1.98. The van der Waals surface area contributed by atoms with Gasteiger partial charge in [-0.15, -0.1) is 0 Å². The molecule has 0 bridgehead atoms. The number of sulfone groups is 1. The van der Waals surface area contributed by atoms with Gasteiger partial charge in [-0.3, -0.25) is 4.79 Å². The summed E-state index contributed by atoms with van der Waals surface area (Å²) in [5, 5.41) is 0. The van der Waals surface area contributed by atoms with E-state index in [4.69, 9.17) is 0 Å². The number of amides is 1. The number of rotatable bonds is 3. The molecule has 1 amide bonds. The van der Waals surface area contributed by atoms with E-state index in [1.54, 1.807) is 16.5 Å². The Morgan fingerprint density at radius 1 is 1.33 bits per heavy atom. The first kappa shape index (κ1) is 13.0. The van der Waals surface area contributed by atoms with Crippen LogP contribution in [0.25, 0.3) is 0 Å². The maximum Gasteiger partial charge on any atom is 0.288 e. The molecule has 0 radical (unpaired) electrons. The maximum atomic E-state index is 12.0. The van der Waals surface area contributed by atoms with Crippen molar-refractivity contribution in [3.8, 4) is 0 Å². The van der Waals surface area contributed by atoms with E-state index in [1.807, 2.05) is 30.6 Å². The highest BCUT2D eigenvalue weighted by atomic mass is 32.2. The zero-order valence-electron chi connectivity index (χ0n) is 10.3. The molecular weight excluding hydrogens is 252 g/mol. The summed E-state index contributed by atoms with van der Waals surface area (Å²) in [6.45, 7) is 0.244. The van der Waals surface area contributed by atoms with Crippen LogP contribution in [0.15, 0.2) is 30.6 Å². The SMILES string of the molecule is CN(C(=O)C[n+]1ccccc1)C1CCS(=O)(=O)C1. The Bertz CT molecular complexity index is 528. The van der Waals surface area contributed by atoms with E-state index in [1.165, 1.54) is 0 Å². The summed E-state index contributed by atoms with van der Waals surface area (Å²) >= 11 is 0. The van der Waals surface area contributed by atoms with E-state index in [0.717, 1.165) is 0 Å². The van der Waals surface area contributed by atoms with Gasteiger partial charge in [0, 0.05) is 25.2 Å². The fraction of sp³-hybridized carbons (Fsp3) is 0.500. The zero-order chi connectivity index (χ0) is 13.2. The molecular formula is C12H17N2O3S+. The Kier molecular flexibility index (Phi) is 3.65. The summed E-state index contributed by atoms with van der Waals surface area (Å²) in [7, 11) is -1.27. The van der Waals surface area contributed by atoms with Gasteiger partial charge in [-0.05, 0) is 6.42 Å². The highest BCUT2D eigenvalue weighted by molar-refractivity contribution is 7.91. The summed E-state index contributed by atoms with van der Waals surface area (Å²) in [5.74, 6) is 0.218. The van der Waals surface area contributed by atoms with E-state index >= 15 is 0 Å². The standard InChI is InChI=1S/C12H17N2O3S/c1-13(11-5-8-18(16,17)10-11)12(15)9-14-6-3-2-4-7-14/h2-4,6-7,11H,5,8-10H2,1H3/q+1. The molecule has 1 unspecified atom stereocenters. The van der Waals surface area contributed by atoms with E-state index in [9.17, 15) is 13.2 Å². The van der Waals surface area contributed by atoms with E-state index in [0.29, 0.717) is 6.42 Å². The quantitative estimate of drug-likeness (QED) is 0.703. The van der Waals surface area contributed by atoms with Gasteiger partial charge in [0.25, 0.3) is 5.91 Å². The Labute approximate surface area is 107 Å². The minimum atomic E-state index is -2.95. The normalized spacial score (nSPS) is 21.7. The number of hydrogen-bond donors (Lipinski definition) is 0. The largest absolute Gasteiger partial charge is 0.336 e. The van der Waals surface area contributed by atoms with Crippen LogP contribution in [0.4, 0.5) is 0 Å². The third kappa shape index (κ3) is 3.07. The predicted octanol–water partition coefficient (Wildman–Crippen LogP) is -0.380. The number of likely N-dealkylation sites (N-methyl/N-ethyl adjacent to an activating group) is 1. The molecule has 0 aliphatic carbocycles. The summed E-state index contributed by atoms with van der Waals surface area (Å²) in [6.07, 6.45) is 4.18. The minimum Gasteiger partial charge on any atom is -0.336 e. The molecule has 0 N–H and O–H groups in total. The molecule has 6 heteroatoms. The molecule has 2 rings (SSSR count). The van der Waals surface area contributed by atoms with Crippen molar-refractivity contribution in [2.45, 2.75) is 19.0 Å². The lowest BCUT2D eigenvalue weighted by Gasteiger charge is -2.21. The summed E-state index contributed by atoms with van der Waals surface area (Å²) in [4.78, 5) is 13.6. The van der Waals surface area contributed by atoms with Gasteiger partial charge in [-0.2, -0.15) is 4.57 Å². The molecule has 2 heterocycles. The summed E-state index contributed by atoms with van der Waals surface area (Å²) < 4.78 is 24.5. The van der Waals surface area contributed by atoms with Gasteiger partial charge in [-0.25, -0.2) is 8.42 Å². The van der Waals surface area contributed by atoms with Gasteiger partial charge in [0.05, 0.1) is 11.5 Å². The molecule has 0 saturated carbocycles. The van der Waals surface area contributed by atoms with Crippen molar-refractivity contribution in [3.63, 3.8) is 0 Å². The molecule has 98 valence electrons. The number of aromatic nitrogens is 1. The first-order valence-electron chi connectivity index (χ1n) is 5.88. The van der Waals surface area contributed by atoms with Crippen LogP contribution in [0.2, 0.25) is 0 Å². The molecule has 1 aliphatic rings. The third-order valence-electron chi connectivity index (χ3n) is 3.24. The van der Waals surface area contributed by atoms with Gasteiger partial charge in [-0.1, -0.05) is 6.07 Å². The Hall–Kier alpha value is -1.43. The monoisotopic (exact) mass is 269 g/mol. The molecule has 1 saturated heterocycles. The van der Waals surface area contributed by atoms with Crippen LogP contribution in [0, 0.1) is 0 Å². The molecule has 1 fully saturated rings. The van der Waals surface area contributed by atoms with Crippen molar-refractivity contribution < 1.29 is 17.8 Å². The van der Waals surface area contributed by atoms with Crippen molar-refractivity contribution in [3.05, 3.63) is 30.6 Å². The first-order chi connectivity index (χ1) is 8.48. The molecule has 1 atom stereocenters. The van der Waals surface area contributed by atoms with E-state index in [2.05, 4.69) is 0 Å². The van der Waals surface area contributed by atoms with Crippen LogP contribution in [0.1, 0.15) is 6.42 Å². The fourth-order valence-corrected chi connectivity index (χ4v) is 3.87. The highest BCUT2D eigenvalue weighted by Gasteiger charge is 2.33. The third-order valence-corrected chi connectivity index (χ3v) is 5.00. The van der Waals surface area contributed by atoms with Crippen molar-refractivity contribution in [2.75, 3.05) is 18.6 Å². The second kappa shape index (κ2) is 5.06. The van der Waals surface area contributed by atoms with Crippen LogP contribution in [0.5, 0.6) is 0 Å². The van der Waals surface area contributed by atoms with Crippen LogP contribution in [-0.2, 0) is 21.2 Å². The van der Waals surface area contributed by atoms with Gasteiger partial charge >= 0.3 is 0 Å². The Morgan fingerprint density at radius 2 is 2.00 bits per heavy atom. The first-order valence-corrected chi connectivity index (χ1v) is 7.70. The van der Waals surface area contributed by atoms with Crippen molar-refractivity contribution >= 4 is 15.7 Å². The predicted molar refractivity (Wildman–Crippen MR) is 66.5 cm³/mol. The van der Waals surface area contributed by atoms with Crippen LogP contribution < -0.4 is 4.57 Å². The highest BCUT2D eigenvalue weighted by Crippen LogP contribution is 2.16. The number of carbonyl (C=O) groups excluding carboxylic acids is 1. The van der Waals surface area contributed by atoms with Gasteiger partial charge in [0.15, 0.2) is 22.2 Å². The topological polar surface area (TPSA) is 58.3 Å². The van der Waals surface area contributed by atoms with Gasteiger partial charge in [0.2, 0.25) is 6.54 Å². The Morgan fingerprint density at radius 3 is 2.56 bits per heavy atom. The smallest absolute Gasteiger partial charge is 0.288 e. The van der Waals surface area contributed by atoms with E-state index < -0.39 is 9.84 Å². The molecule has 0 aromatic carbocycles. The summed E-state index contributed by atoms with van der Waals surface area (Å²) in [6, 6.07) is 5.42. The second-order valence-electron chi connectivity index (χ2n) is 4.61. The van der Waals surface area contributed by atoms with E-state index in [-0.39, 0.29) is 30.0 Å². The zero-order valence-corrected chi connectivity index (χ0v) is 11.1. The lowest BCUT2D eigenvalue weighted by atomic mass is 10.2. The molecule has 5 nitrogen and oxygen atoms in total. The van der Waals surface area contributed by atoms with Crippen molar-refractivity contribution in [1.29, 1.82) is 0 Å². The van der Waals surface area contributed by atoms with Gasteiger partial charge in [0.1, 0.15) is 0 Å². The summed E-state index contributed by atoms with van der Waals surface area (Å²) in [5.41, 5.74) is 0. The lowest BCUT2D eigenvalue weighted by Crippen LogP contribution is -2.46. The maximum absolute atomic E-state index is 12.0. The molecule has 1 aromatic heterocycles. The van der Waals surface area contributed by atoms with Gasteiger partial charge < -0.3 is 4.90 Å². The number of pyridine rings is 1. The molecule has 0 spiro atoms. The van der Waals surface area contributed by atoms with Crippen molar-refractivity contribution in [2.24, 2.45) is 0 Å². The number of nitrogens with zero attached hydrogens (tertiary/aromatic N) is 2. The minimum absolute atomic E-state index is 0.0618. The molecule has 1 aliphatic heterocycles. The van der Waals surface area contributed by atoms with Crippen LogP contribution in [-0.4, -0.2) is 43.8 Å². The lowest BCUT2D eigenvalue weighted by molar-refractivity contribution is -0.685. The van der Waals surface area contributed by atoms with Crippen molar-refractivity contribution in [1.82, 2.24) is 4.90 Å². The number of hydrogen-bond acceptors (Lipinski definition) is 3. The average Bonchev–Trinajstić information content (AvgIpc) is 2.70. The number of carbonyl (C=O) groups is 1. The molecule has 1 aromatic rings.